The summed E-state index contributed by atoms with van der Waals surface area (Å²) in [6.45, 7) is -0.101. The summed E-state index contributed by atoms with van der Waals surface area (Å²) in [4.78, 5) is 9.98. The van der Waals surface area contributed by atoms with Crippen LogP contribution in [-0.2, 0) is 4.79 Å². The van der Waals surface area contributed by atoms with Gasteiger partial charge in [0, 0.05) is 0 Å². The molecule has 50 valence electrons. The Balaban J connectivity index is 2.28. The molecule has 0 aromatic carbocycles. The maximum atomic E-state index is 9.98. The molecule has 6 nitrogen and oxygen atoms in total. The zero-order valence-electron chi connectivity index (χ0n) is 4.53. The number of nitrogens with one attached hydrogen (secondary N) is 2. The largest absolute Gasteiger partial charge is 0.480 e. The van der Waals surface area contributed by atoms with Gasteiger partial charge in [-0.2, -0.15) is 5.10 Å². The van der Waals surface area contributed by atoms with Gasteiger partial charge < -0.3 is 5.11 Å². The molecular formula is C3H6N4O2. The summed E-state index contributed by atoms with van der Waals surface area (Å²) in [6.07, 6.45) is 1.36. The predicted molar refractivity (Wildman–Crippen MR) is 29.1 cm³/mol. The van der Waals surface area contributed by atoms with Crippen LogP contribution in [0.1, 0.15) is 0 Å². The topological polar surface area (TPSA) is 77.0 Å². The lowest BCUT2D eigenvalue weighted by atomic mass is 10.6. The third-order valence-electron chi connectivity index (χ3n) is 0.761. The number of aliphatic carboxylic acids is 1. The average Bonchev–Trinajstić information content (AvgIpc) is 2.15. The first-order valence-corrected chi connectivity index (χ1v) is 2.31. The molecule has 1 aliphatic heterocycles. The number of carbonyl (C=O) groups is 1. The van der Waals surface area contributed by atoms with Crippen LogP contribution in [0.3, 0.4) is 0 Å². The molecule has 0 aromatic heterocycles. The highest BCUT2D eigenvalue weighted by Crippen LogP contribution is 1.79. The van der Waals surface area contributed by atoms with Gasteiger partial charge in [0.2, 0.25) is 0 Å². The fourth-order valence-corrected chi connectivity index (χ4v) is 0.447. The van der Waals surface area contributed by atoms with E-state index in [1.165, 1.54) is 11.3 Å². The van der Waals surface area contributed by atoms with Gasteiger partial charge in [-0.05, 0) is 0 Å². The number of carboxylic acids is 1. The Morgan fingerprint density at radius 2 is 2.67 bits per heavy atom. The minimum Gasteiger partial charge on any atom is -0.480 e. The van der Waals surface area contributed by atoms with Crippen molar-refractivity contribution in [3.05, 3.63) is 0 Å². The zero-order chi connectivity index (χ0) is 6.69. The number of hydrogen-bond donors (Lipinski definition) is 3. The fraction of sp³-hybridized carbons (Fsp3) is 0.333. The van der Waals surface area contributed by atoms with Crippen LogP contribution in [0.15, 0.2) is 5.10 Å². The molecule has 9 heavy (non-hydrogen) atoms. The molecule has 0 atom stereocenters. The van der Waals surface area contributed by atoms with Gasteiger partial charge in [0.15, 0.2) is 0 Å². The Kier molecular flexibility index (Phi) is 1.50. The zero-order valence-corrected chi connectivity index (χ0v) is 4.53. The number of hydrazine groups is 2. The summed E-state index contributed by atoms with van der Waals surface area (Å²) in [6, 6.07) is 0. The van der Waals surface area contributed by atoms with E-state index in [2.05, 4.69) is 16.2 Å². The summed E-state index contributed by atoms with van der Waals surface area (Å²) in [5.74, 6) is -0.905. The van der Waals surface area contributed by atoms with E-state index in [4.69, 9.17) is 5.11 Å². The summed E-state index contributed by atoms with van der Waals surface area (Å²) in [7, 11) is 0. The molecule has 1 rings (SSSR count). The molecule has 0 unspecified atom stereocenters. The van der Waals surface area contributed by atoms with Crippen LogP contribution < -0.4 is 11.1 Å². The molecule has 0 saturated carbocycles. The summed E-state index contributed by atoms with van der Waals surface area (Å²) in [5, 5.41) is 13.0. The highest BCUT2D eigenvalue weighted by molar-refractivity contribution is 5.72. The number of nitrogens with zero attached hydrogens (tertiary/aromatic N) is 2. The van der Waals surface area contributed by atoms with E-state index in [-0.39, 0.29) is 6.54 Å². The van der Waals surface area contributed by atoms with Gasteiger partial charge in [0.1, 0.15) is 12.9 Å². The molecule has 0 aliphatic carbocycles. The van der Waals surface area contributed by atoms with Crippen molar-refractivity contribution >= 4 is 12.3 Å². The summed E-state index contributed by atoms with van der Waals surface area (Å²) in [5.41, 5.74) is 4.83. The van der Waals surface area contributed by atoms with Crippen molar-refractivity contribution in [1.29, 1.82) is 0 Å². The van der Waals surface area contributed by atoms with Crippen LogP contribution >= 0.6 is 0 Å². The summed E-state index contributed by atoms with van der Waals surface area (Å²) >= 11 is 0. The molecule has 0 radical (unpaired) electrons. The van der Waals surface area contributed by atoms with Gasteiger partial charge in [0.05, 0.1) is 0 Å². The molecule has 3 N–H and O–H groups in total. The molecule has 0 aromatic rings. The van der Waals surface area contributed by atoms with Crippen molar-refractivity contribution in [2.75, 3.05) is 6.54 Å². The van der Waals surface area contributed by atoms with E-state index in [1.807, 2.05) is 0 Å². The van der Waals surface area contributed by atoms with Gasteiger partial charge >= 0.3 is 5.97 Å². The lowest BCUT2D eigenvalue weighted by Gasteiger charge is -2.08. The Bertz CT molecular complexity index is 145. The van der Waals surface area contributed by atoms with E-state index in [9.17, 15) is 4.79 Å². The summed E-state index contributed by atoms with van der Waals surface area (Å²) < 4.78 is 0. The first-order chi connectivity index (χ1) is 4.29. The molecular weight excluding hydrogens is 124 g/mol. The monoisotopic (exact) mass is 130 g/mol. The highest BCUT2D eigenvalue weighted by atomic mass is 16.4. The van der Waals surface area contributed by atoms with E-state index in [0.29, 0.717) is 0 Å². The third kappa shape index (κ3) is 1.57. The van der Waals surface area contributed by atoms with Crippen molar-refractivity contribution in [3.63, 3.8) is 0 Å². The van der Waals surface area contributed by atoms with E-state index in [1.54, 1.807) is 0 Å². The highest BCUT2D eigenvalue weighted by Gasteiger charge is 2.06. The second-order valence-corrected chi connectivity index (χ2v) is 1.49. The van der Waals surface area contributed by atoms with Crippen LogP contribution in [0, 0.1) is 0 Å². The molecule has 1 heterocycles. The maximum absolute atomic E-state index is 9.98. The first kappa shape index (κ1) is 5.83. The van der Waals surface area contributed by atoms with Crippen LogP contribution in [0.25, 0.3) is 0 Å². The van der Waals surface area contributed by atoms with Crippen LogP contribution in [0.2, 0.25) is 0 Å². The smallest absolute Gasteiger partial charge is 0.324 e. The third-order valence-corrected chi connectivity index (χ3v) is 0.761. The molecule has 0 amide bonds. The molecule has 0 bridgehead atoms. The Hall–Kier alpha value is -1.30. The van der Waals surface area contributed by atoms with Crippen molar-refractivity contribution in [2.45, 2.75) is 0 Å². The first-order valence-electron chi connectivity index (χ1n) is 2.31. The van der Waals surface area contributed by atoms with Gasteiger partial charge in [-0.3, -0.25) is 9.80 Å². The molecule has 0 spiro atoms. The minimum atomic E-state index is -0.905. The van der Waals surface area contributed by atoms with E-state index < -0.39 is 5.97 Å². The maximum Gasteiger partial charge on any atom is 0.324 e. The molecule has 6 heteroatoms. The van der Waals surface area contributed by atoms with Crippen molar-refractivity contribution in [3.8, 4) is 0 Å². The Morgan fingerprint density at radius 1 is 1.89 bits per heavy atom. The lowest BCUT2D eigenvalue weighted by molar-refractivity contribution is -0.137. The van der Waals surface area contributed by atoms with Crippen LogP contribution in [0.5, 0.6) is 0 Å². The second-order valence-electron chi connectivity index (χ2n) is 1.49. The minimum absolute atomic E-state index is 0.101. The van der Waals surface area contributed by atoms with Gasteiger partial charge in [-0.15, -0.1) is 5.53 Å². The quantitative estimate of drug-likeness (QED) is 0.417. The Labute approximate surface area is 51.1 Å². The lowest BCUT2D eigenvalue weighted by Crippen LogP contribution is -2.40. The van der Waals surface area contributed by atoms with Crippen molar-refractivity contribution in [2.24, 2.45) is 5.10 Å². The second kappa shape index (κ2) is 2.31. The fourth-order valence-electron chi connectivity index (χ4n) is 0.447. The van der Waals surface area contributed by atoms with Crippen LogP contribution in [0.4, 0.5) is 0 Å². The number of rotatable bonds is 2. The molecule has 1 aliphatic rings. The van der Waals surface area contributed by atoms with Gasteiger partial charge in [0.25, 0.3) is 0 Å². The Morgan fingerprint density at radius 3 is 3.11 bits per heavy atom. The molecule has 0 fully saturated rings. The van der Waals surface area contributed by atoms with Crippen molar-refractivity contribution < 1.29 is 9.90 Å². The van der Waals surface area contributed by atoms with Gasteiger partial charge in [-0.25, -0.2) is 5.53 Å². The molecule has 0 saturated heterocycles. The standard InChI is InChI=1S/C3H6N4O2/c8-3(9)1-7-2-4-5-6-7/h2,5-6H,1H2,(H,8,9). The average molecular weight is 130 g/mol. The van der Waals surface area contributed by atoms with Crippen LogP contribution in [-0.4, -0.2) is 29.0 Å². The number of hydrazone groups is 1. The van der Waals surface area contributed by atoms with Crippen molar-refractivity contribution in [1.82, 2.24) is 16.1 Å². The predicted octanol–water partition coefficient (Wildman–Crippen LogP) is -1.66. The number of hydrogen-bond acceptors (Lipinski definition) is 5. The van der Waals surface area contributed by atoms with E-state index in [0.717, 1.165) is 0 Å². The van der Waals surface area contributed by atoms with E-state index >= 15 is 0 Å². The van der Waals surface area contributed by atoms with Gasteiger partial charge in [-0.1, -0.05) is 0 Å². The SMILES string of the molecule is O=C(O)CN1C=NNN1. The normalized spacial score (nSPS) is 15.8. The number of carboxylic acid groups (broad SMARTS) is 1.